The van der Waals surface area contributed by atoms with Gasteiger partial charge in [0.15, 0.2) is 5.82 Å². The predicted molar refractivity (Wildman–Crippen MR) is 102 cm³/mol. The fourth-order valence-electron chi connectivity index (χ4n) is 2.71. The average molecular weight is 452 g/mol. The van der Waals surface area contributed by atoms with E-state index in [0.717, 1.165) is 17.1 Å². The lowest BCUT2D eigenvalue weighted by atomic mass is 10.1. The third-order valence-electron chi connectivity index (χ3n) is 4.16. The lowest BCUT2D eigenvalue weighted by Crippen LogP contribution is -2.11. The number of hydrogen-bond acceptors (Lipinski definition) is 5. The molecule has 4 heterocycles. The first-order chi connectivity index (χ1) is 14.6. The summed E-state index contributed by atoms with van der Waals surface area (Å²) >= 11 is 1.41. The van der Waals surface area contributed by atoms with E-state index in [2.05, 4.69) is 19.9 Å². The number of alkyl halides is 6. The fraction of sp³-hybridized carbons (Fsp3) is 0.100. The van der Waals surface area contributed by atoms with Gasteiger partial charge in [-0.1, -0.05) is 6.07 Å². The maximum absolute atomic E-state index is 13.4. The predicted octanol–water partition coefficient (Wildman–Crippen LogP) is 6.37. The van der Waals surface area contributed by atoms with Gasteiger partial charge in [-0.15, -0.1) is 11.3 Å². The summed E-state index contributed by atoms with van der Waals surface area (Å²) in [5.74, 6) is -0.232. The number of thiophene rings is 1. The molecule has 0 spiro atoms. The van der Waals surface area contributed by atoms with Gasteiger partial charge in [-0.2, -0.15) is 26.3 Å². The van der Waals surface area contributed by atoms with Crippen LogP contribution in [0.15, 0.2) is 60.2 Å². The summed E-state index contributed by atoms with van der Waals surface area (Å²) in [6.07, 6.45) is -7.19. The highest BCUT2D eigenvalue weighted by Gasteiger charge is 2.35. The molecule has 0 fully saturated rings. The highest BCUT2D eigenvalue weighted by atomic mass is 32.1. The van der Waals surface area contributed by atoms with E-state index in [1.165, 1.54) is 23.6 Å². The van der Waals surface area contributed by atoms with Crippen molar-refractivity contribution in [2.45, 2.75) is 12.4 Å². The van der Waals surface area contributed by atoms with E-state index in [1.807, 2.05) is 17.5 Å². The van der Waals surface area contributed by atoms with Gasteiger partial charge in [-0.3, -0.25) is 9.97 Å². The minimum Gasteiger partial charge on any atom is -0.255 e. The van der Waals surface area contributed by atoms with Gasteiger partial charge in [-0.25, -0.2) is 9.97 Å². The molecule has 0 unspecified atom stereocenters. The molecule has 0 aromatic carbocycles. The van der Waals surface area contributed by atoms with Crippen LogP contribution in [0.5, 0.6) is 0 Å². The summed E-state index contributed by atoms with van der Waals surface area (Å²) in [7, 11) is 0. The van der Waals surface area contributed by atoms with E-state index in [-0.39, 0.29) is 22.6 Å². The number of aromatic nitrogens is 4. The summed E-state index contributed by atoms with van der Waals surface area (Å²) in [6.45, 7) is 0. The largest absolute Gasteiger partial charge is 0.433 e. The van der Waals surface area contributed by atoms with Crippen LogP contribution in [0.4, 0.5) is 26.3 Å². The Balaban J connectivity index is 1.82. The van der Waals surface area contributed by atoms with Gasteiger partial charge in [0.2, 0.25) is 0 Å². The van der Waals surface area contributed by atoms with Crippen LogP contribution in [0.2, 0.25) is 0 Å². The van der Waals surface area contributed by atoms with Crippen LogP contribution in [-0.2, 0) is 12.4 Å². The number of hydrogen-bond donors (Lipinski definition) is 0. The summed E-state index contributed by atoms with van der Waals surface area (Å²) in [4.78, 5) is 16.1. The van der Waals surface area contributed by atoms with Crippen molar-refractivity contribution in [2.75, 3.05) is 0 Å². The summed E-state index contributed by atoms with van der Waals surface area (Å²) in [5, 5.41) is 1.83. The van der Waals surface area contributed by atoms with Crippen molar-refractivity contribution < 1.29 is 26.3 Å². The molecule has 0 radical (unpaired) electrons. The molecule has 0 amide bonds. The molecule has 158 valence electrons. The number of nitrogens with zero attached hydrogens (tertiary/aromatic N) is 4. The van der Waals surface area contributed by atoms with Crippen LogP contribution in [0.1, 0.15) is 11.4 Å². The molecule has 4 nitrogen and oxygen atoms in total. The topological polar surface area (TPSA) is 51.6 Å². The quantitative estimate of drug-likeness (QED) is 0.339. The minimum absolute atomic E-state index is 0.00492. The number of rotatable bonds is 3. The second-order valence-corrected chi connectivity index (χ2v) is 7.24. The van der Waals surface area contributed by atoms with Gasteiger partial charge in [0.1, 0.15) is 11.4 Å². The molecular weight excluding hydrogens is 442 g/mol. The van der Waals surface area contributed by atoms with E-state index in [9.17, 15) is 26.3 Å². The zero-order valence-corrected chi connectivity index (χ0v) is 16.1. The molecule has 31 heavy (non-hydrogen) atoms. The maximum atomic E-state index is 13.4. The van der Waals surface area contributed by atoms with Crippen molar-refractivity contribution in [1.82, 2.24) is 19.9 Å². The smallest absolute Gasteiger partial charge is 0.255 e. The van der Waals surface area contributed by atoms with Gasteiger partial charge in [-0.05, 0) is 41.8 Å². The zero-order chi connectivity index (χ0) is 22.2. The Morgan fingerprint density at radius 2 is 1.48 bits per heavy atom. The van der Waals surface area contributed by atoms with Crippen molar-refractivity contribution >= 4 is 11.3 Å². The molecule has 0 saturated heterocycles. The third kappa shape index (κ3) is 4.55. The number of halogens is 6. The van der Waals surface area contributed by atoms with Crippen LogP contribution in [-0.4, -0.2) is 19.9 Å². The summed E-state index contributed by atoms with van der Waals surface area (Å²) < 4.78 is 78.5. The lowest BCUT2D eigenvalue weighted by molar-refractivity contribution is -0.141. The van der Waals surface area contributed by atoms with Crippen LogP contribution < -0.4 is 0 Å². The normalized spacial score (nSPS) is 12.2. The molecule has 0 bridgehead atoms. The Hall–Kier alpha value is -3.34. The van der Waals surface area contributed by atoms with Crippen LogP contribution >= 0.6 is 11.3 Å². The first kappa shape index (κ1) is 20.9. The van der Waals surface area contributed by atoms with Gasteiger partial charge in [0, 0.05) is 23.5 Å². The molecule has 0 atom stereocenters. The molecule has 0 saturated carbocycles. The molecule has 0 aliphatic carbocycles. The van der Waals surface area contributed by atoms with Gasteiger partial charge >= 0.3 is 12.4 Å². The van der Waals surface area contributed by atoms with E-state index in [1.54, 1.807) is 6.07 Å². The first-order valence-electron chi connectivity index (χ1n) is 8.61. The van der Waals surface area contributed by atoms with Gasteiger partial charge < -0.3 is 0 Å². The molecule has 0 aliphatic rings. The number of pyridine rings is 2. The van der Waals surface area contributed by atoms with Crippen LogP contribution in [0.25, 0.3) is 33.2 Å². The summed E-state index contributed by atoms with van der Waals surface area (Å²) in [5.41, 5.74) is -1.77. The van der Waals surface area contributed by atoms with E-state index < -0.39 is 23.7 Å². The molecule has 0 N–H and O–H groups in total. The third-order valence-corrected chi connectivity index (χ3v) is 5.05. The standard InChI is InChI=1S/C20H10F6N4S/c21-19(22,23)16-4-3-12(10-28-16)13-9-17(20(24,25)26)30-18(29-13)11-5-6-27-14(8-11)15-2-1-7-31-15/h1-10H. The second kappa shape index (κ2) is 7.73. The van der Waals surface area contributed by atoms with Gasteiger partial charge in [0.25, 0.3) is 0 Å². The first-order valence-corrected chi connectivity index (χ1v) is 9.49. The second-order valence-electron chi connectivity index (χ2n) is 6.30. The van der Waals surface area contributed by atoms with E-state index in [0.29, 0.717) is 17.8 Å². The SMILES string of the molecule is FC(F)(F)c1ccc(-c2cc(C(F)(F)F)nc(-c3ccnc(-c4cccs4)c3)n2)cn1. The molecule has 4 aromatic heterocycles. The highest BCUT2D eigenvalue weighted by molar-refractivity contribution is 7.13. The van der Waals surface area contributed by atoms with Crippen molar-refractivity contribution in [3.63, 3.8) is 0 Å². The van der Waals surface area contributed by atoms with Crippen LogP contribution in [0.3, 0.4) is 0 Å². The minimum atomic E-state index is -4.78. The van der Waals surface area contributed by atoms with E-state index >= 15 is 0 Å². The van der Waals surface area contributed by atoms with Crippen molar-refractivity contribution in [2.24, 2.45) is 0 Å². The molecular formula is C20H10F6N4S. The van der Waals surface area contributed by atoms with Crippen molar-refractivity contribution in [3.05, 3.63) is 71.6 Å². The Morgan fingerprint density at radius 3 is 2.10 bits per heavy atom. The Kier molecular flexibility index (Phi) is 5.21. The lowest BCUT2D eigenvalue weighted by Gasteiger charge is -2.12. The maximum Gasteiger partial charge on any atom is 0.433 e. The Morgan fingerprint density at radius 1 is 0.710 bits per heavy atom. The van der Waals surface area contributed by atoms with Crippen LogP contribution in [0, 0.1) is 0 Å². The molecule has 4 rings (SSSR count). The van der Waals surface area contributed by atoms with Gasteiger partial charge in [0.05, 0.1) is 16.3 Å². The zero-order valence-electron chi connectivity index (χ0n) is 15.2. The van der Waals surface area contributed by atoms with Crippen molar-refractivity contribution in [3.8, 4) is 33.2 Å². The Bertz CT molecular complexity index is 1200. The summed E-state index contributed by atoms with van der Waals surface area (Å²) in [6, 6.07) is 9.01. The fourth-order valence-corrected chi connectivity index (χ4v) is 3.40. The van der Waals surface area contributed by atoms with E-state index in [4.69, 9.17) is 0 Å². The van der Waals surface area contributed by atoms with Crippen molar-refractivity contribution in [1.29, 1.82) is 0 Å². The molecule has 0 aliphatic heterocycles. The monoisotopic (exact) mass is 452 g/mol. The molecule has 11 heteroatoms. The average Bonchev–Trinajstić information content (AvgIpc) is 3.27. The molecule has 4 aromatic rings. The Labute approximate surface area is 175 Å². The highest BCUT2D eigenvalue weighted by Crippen LogP contribution is 2.34.